The van der Waals surface area contributed by atoms with Crippen LogP contribution in [0.15, 0.2) is 60.0 Å². The van der Waals surface area contributed by atoms with Gasteiger partial charge >= 0.3 is 0 Å². The second-order valence-corrected chi connectivity index (χ2v) is 4.75. The van der Waals surface area contributed by atoms with E-state index in [-0.39, 0.29) is 0 Å². The third-order valence-corrected chi connectivity index (χ3v) is 3.16. The summed E-state index contributed by atoms with van der Waals surface area (Å²) in [4.78, 5) is 9.64. The van der Waals surface area contributed by atoms with E-state index in [9.17, 15) is 0 Å². The monoisotopic (exact) mass is 252 g/mol. The molecule has 0 unspecified atom stereocenters. The molecule has 19 heavy (non-hydrogen) atoms. The highest BCUT2D eigenvalue weighted by atomic mass is 16.6. The number of hydrogen-bond donors (Lipinski definition) is 0. The lowest BCUT2D eigenvalue weighted by Crippen LogP contribution is -2.05. The van der Waals surface area contributed by atoms with Crippen LogP contribution in [0.25, 0.3) is 0 Å². The zero-order chi connectivity index (χ0) is 12.9. The van der Waals surface area contributed by atoms with Gasteiger partial charge in [-0.3, -0.25) is 4.98 Å². The van der Waals surface area contributed by atoms with Gasteiger partial charge in [-0.05, 0) is 30.5 Å². The topological polar surface area (TPSA) is 34.5 Å². The molecule has 1 heterocycles. The van der Waals surface area contributed by atoms with Gasteiger partial charge in [0.05, 0.1) is 5.71 Å². The molecule has 0 bridgehead atoms. The van der Waals surface area contributed by atoms with Crippen LogP contribution in [0.3, 0.4) is 0 Å². The van der Waals surface area contributed by atoms with Gasteiger partial charge < -0.3 is 4.84 Å². The molecule has 0 spiro atoms. The van der Waals surface area contributed by atoms with Gasteiger partial charge in [0.1, 0.15) is 6.61 Å². The Balaban J connectivity index is 1.69. The maximum Gasteiger partial charge on any atom is 0.142 e. The van der Waals surface area contributed by atoms with Crippen LogP contribution < -0.4 is 0 Å². The highest BCUT2D eigenvalue weighted by Crippen LogP contribution is 2.33. The van der Waals surface area contributed by atoms with E-state index in [0.29, 0.717) is 12.5 Å². The molecule has 0 radical (unpaired) electrons. The molecule has 1 aliphatic rings. The smallest absolute Gasteiger partial charge is 0.142 e. The van der Waals surface area contributed by atoms with Crippen molar-refractivity contribution in [1.82, 2.24) is 4.98 Å². The van der Waals surface area contributed by atoms with Crippen molar-refractivity contribution < 1.29 is 4.84 Å². The zero-order valence-corrected chi connectivity index (χ0v) is 10.7. The second kappa shape index (κ2) is 5.65. The van der Waals surface area contributed by atoms with Crippen molar-refractivity contribution in [2.75, 3.05) is 0 Å². The highest BCUT2D eigenvalue weighted by Gasteiger charge is 2.29. The molecule has 0 saturated heterocycles. The van der Waals surface area contributed by atoms with Crippen LogP contribution in [0.1, 0.15) is 24.0 Å². The van der Waals surface area contributed by atoms with Crippen LogP contribution in [0.4, 0.5) is 0 Å². The third kappa shape index (κ3) is 3.19. The van der Waals surface area contributed by atoms with Gasteiger partial charge in [0.2, 0.25) is 0 Å². The summed E-state index contributed by atoms with van der Waals surface area (Å²) in [5, 5.41) is 4.33. The normalized spacial score (nSPS) is 15.3. The molecule has 1 aromatic heterocycles. The summed E-state index contributed by atoms with van der Waals surface area (Å²) in [7, 11) is 0. The Hall–Kier alpha value is -2.16. The van der Waals surface area contributed by atoms with Crippen molar-refractivity contribution in [1.29, 1.82) is 0 Å². The van der Waals surface area contributed by atoms with Gasteiger partial charge in [-0.15, -0.1) is 0 Å². The summed E-state index contributed by atoms with van der Waals surface area (Å²) in [6.45, 7) is 0.511. The van der Waals surface area contributed by atoms with Crippen molar-refractivity contribution >= 4 is 5.71 Å². The van der Waals surface area contributed by atoms with Crippen molar-refractivity contribution in [3.05, 3.63) is 66.0 Å². The lowest BCUT2D eigenvalue weighted by molar-refractivity contribution is 0.130. The summed E-state index contributed by atoms with van der Waals surface area (Å²) in [5.74, 6) is 0.542. The average molecular weight is 252 g/mol. The van der Waals surface area contributed by atoms with Gasteiger partial charge in [-0.25, -0.2) is 0 Å². The van der Waals surface area contributed by atoms with E-state index in [1.807, 2.05) is 48.7 Å². The molecule has 0 aliphatic heterocycles. The van der Waals surface area contributed by atoms with E-state index in [1.54, 1.807) is 6.20 Å². The molecule has 0 amide bonds. The number of rotatable bonds is 5. The Morgan fingerprint density at radius 2 is 2.00 bits per heavy atom. The lowest BCUT2D eigenvalue weighted by Gasteiger charge is -2.05. The summed E-state index contributed by atoms with van der Waals surface area (Å²) in [5.41, 5.74) is 3.23. The third-order valence-electron chi connectivity index (χ3n) is 3.16. The summed E-state index contributed by atoms with van der Waals surface area (Å²) >= 11 is 0. The van der Waals surface area contributed by atoms with Crippen molar-refractivity contribution in [3.8, 4) is 0 Å². The second-order valence-electron chi connectivity index (χ2n) is 4.75. The lowest BCUT2D eigenvalue weighted by atomic mass is 10.1. The van der Waals surface area contributed by atoms with E-state index >= 15 is 0 Å². The van der Waals surface area contributed by atoms with Gasteiger partial charge in [-0.2, -0.15) is 0 Å². The minimum Gasteiger partial charge on any atom is -0.391 e. The Bertz CT molecular complexity index is 547. The highest BCUT2D eigenvalue weighted by molar-refractivity contribution is 6.03. The Labute approximate surface area is 112 Å². The molecule has 2 aromatic rings. The van der Waals surface area contributed by atoms with Crippen LogP contribution in [-0.2, 0) is 11.4 Å². The van der Waals surface area contributed by atoms with Crippen LogP contribution in [-0.4, -0.2) is 10.7 Å². The molecule has 3 nitrogen and oxygen atoms in total. The van der Waals surface area contributed by atoms with E-state index in [1.165, 1.54) is 12.8 Å². The van der Waals surface area contributed by atoms with E-state index in [2.05, 4.69) is 10.1 Å². The van der Waals surface area contributed by atoms with Crippen LogP contribution in [0.2, 0.25) is 0 Å². The van der Waals surface area contributed by atoms with Crippen molar-refractivity contribution in [2.24, 2.45) is 11.1 Å². The standard InChI is InChI=1S/C16H16N2O/c1-2-5-13(6-3-1)12-19-18-16(14-8-9-14)15-7-4-10-17-11-15/h1-7,10-11,14H,8-9,12H2/b18-16+. The first-order valence-corrected chi connectivity index (χ1v) is 6.57. The van der Waals surface area contributed by atoms with E-state index in [4.69, 9.17) is 4.84 Å². The van der Waals surface area contributed by atoms with Crippen molar-refractivity contribution in [3.63, 3.8) is 0 Å². The number of nitrogens with zero attached hydrogens (tertiary/aromatic N) is 2. The Morgan fingerprint density at radius 3 is 2.68 bits per heavy atom. The van der Waals surface area contributed by atoms with Crippen LogP contribution >= 0.6 is 0 Å². The van der Waals surface area contributed by atoms with E-state index < -0.39 is 0 Å². The molecule has 0 N–H and O–H groups in total. The first kappa shape index (κ1) is 11.9. The van der Waals surface area contributed by atoms with Crippen LogP contribution in [0.5, 0.6) is 0 Å². The fraction of sp³-hybridized carbons (Fsp3) is 0.250. The van der Waals surface area contributed by atoms with E-state index in [0.717, 1.165) is 16.8 Å². The SMILES string of the molecule is c1ccc(CO/N=C(/c2cccnc2)C2CC2)cc1. The number of aromatic nitrogens is 1. The first-order chi connectivity index (χ1) is 9.43. The van der Waals surface area contributed by atoms with Gasteiger partial charge in [-0.1, -0.05) is 35.5 Å². The predicted molar refractivity (Wildman–Crippen MR) is 74.7 cm³/mol. The zero-order valence-electron chi connectivity index (χ0n) is 10.7. The average Bonchev–Trinajstić information content (AvgIpc) is 3.30. The van der Waals surface area contributed by atoms with Gasteiger partial charge in [0, 0.05) is 23.9 Å². The molecule has 1 fully saturated rings. The van der Waals surface area contributed by atoms with Gasteiger partial charge in [0.15, 0.2) is 0 Å². The molecule has 1 saturated carbocycles. The number of benzene rings is 1. The minimum atomic E-state index is 0.511. The predicted octanol–water partition coefficient (Wildman–Crippen LogP) is 3.41. The van der Waals surface area contributed by atoms with Gasteiger partial charge in [0.25, 0.3) is 0 Å². The molecule has 1 aromatic carbocycles. The molecular weight excluding hydrogens is 236 g/mol. The minimum absolute atomic E-state index is 0.511. The number of hydrogen-bond acceptors (Lipinski definition) is 3. The quantitative estimate of drug-likeness (QED) is 0.603. The summed E-state index contributed by atoms with van der Waals surface area (Å²) < 4.78 is 0. The molecule has 1 aliphatic carbocycles. The molecule has 0 atom stereocenters. The van der Waals surface area contributed by atoms with Crippen molar-refractivity contribution in [2.45, 2.75) is 19.4 Å². The summed E-state index contributed by atoms with van der Waals surface area (Å²) in [6, 6.07) is 14.1. The number of pyridine rings is 1. The maximum absolute atomic E-state index is 5.50. The first-order valence-electron chi connectivity index (χ1n) is 6.57. The Kier molecular flexibility index (Phi) is 3.54. The fourth-order valence-corrected chi connectivity index (χ4v) is 1.98. The fourth-order valence-electron chi connectivity index (χ4n) is 1.98. The molecule has 3 rings (SSSR count). The number of oxime groups is 1. The maximum atomic E-state index is 5.50. The molecule has 96 valence electrons. The Morgan fingerprint density at radius 1 is 1.16 bits per heavy atom. The van der Waals surface area contributed by atoms with Crippen LogP contribution in [0, 0.1) is 5.92 Å². The molecular formula is C16H16N2O. The summed E-state index contributed by atoms with van der Waals surface area (Å²) in [6.07, 6.45) is 6.02. The molecule has 3 heteroatoms. The largest absolute Gasteiger partial charge is 0.391 e.